The zero-order valence-electron chi connectivity index (χ0n) is 12.1. The molecule has 1 saturated heterocycles. The smallest absolute Gasteiger partial charge is 0.0415 e. The van der Waals surface area contributed by atoms with Crippen molar-refractivity contribution in [1.82, 2.24) is 4.90 Å². The Hall–Kier alpha value is -0.860. The Labute approximate surface area is 117 Å². The lowest BCUT2D eigenvalue weighted by Crippen LogP contribution is -2.60. The molecule has 1 aromatic rings. The summed E-state index contributed by atoms with van der Waals surface area (Å²) < 4.78 is 0. The second-order valence-corrected chi connectivity index (χ2v) is 6.30. The third-order valence-electron chi connectivity index (χ3n) is 5.25. The first-order chi connectivity index (χ1) is 9.29. The van der Waals surface area contributed by atoms with Gasteiger partial charge >= 0.3 is 0 Å². The van der Waals surface area contributed by atoms with E-state index in [9.17, 15) is 0 Å². The lowest BCUT2D eigenvalue weighted by molar-refractivity contribution is 0.0261. The molecule has 1 atom stereocenters. The van der Waals surface area contributed by atoms with Crippen LogP contribution in [0.15, 0.2) is 24.3 Å². The number of hydrogen-bond acceptors (Lipinski definition) is 2. The fourth-order valence-electron chi connectivity index (χ4n) is 4.19. The third-order valence-corrected chi connectivity index (χ3v) is 5.25. The number of benzene rings is 1. The van der Waals surface area contributed by atoms with Gasteiger partial charge in [0.15, 0.2) is 0 Å². The van der Waals surface area contributed by atoms with Crippen molar-refractivity contribution < 1.29 is 0 Å². The first kappa shape index (κ1) is 13.1. The average molecular weight is 258 g/mol. The molecule has 0 aromatic heterocycles. The van der Waals surface area contributed by atoms with Crippen molar-refractivity contribution in [3.63, 3.8) is 0 Å². The van der Waals surface area contributed by atoms with Gasteiger partial charge in [0.2, 0.25) is 0 Å². The summed E-state index contributed by atoms with van der Waals surface area (Å²) in [5, 5.41) is 0. The summed E-state index contributed by atoms with van der Waals surface area (Å²) in [5.74, 6) is 0. The maximum absolute atomic E-state index is 6.25. The van der Waals surface area contributed by atoms with E-state index in [2.05, 4.69) is 36.1 Å². The van der Waals surface area contributed by atoms with E-state index in [0.29, 0.717) is 0 Å². The average Bonchev–Trinajstić information content (AvgIpc) is 2.87. The molecule has 3 rings (SSSR count). The molecule has 1 fully saturated rings. The van der Waals surface area contributed by atoms with Crippen molar-refractivity contribution in [2.24, 2.45) is 5.73 Å². The van der Waals surface area contributed by atoms with E-state index in [0.717, 1.165) is 25.4 Å². The van der Waals surface area contributed by atoms with Gasteiger partial charge in [0.25, 0.3) is 0 Å². The molecule has 104 valence electrons. The molecular weight excluding hydrogens is 232 g/mol. The first-order valence-corrected chi connectivity index (χ1v) is 7.83. The lowest BCUT2D eigenvalue weighted by atomic mass is 9.87. The monoisotopic (exact) mass is 258 g/mol. The molecule has 1 aliphatic carbocycles. The maximum atomic E-state index is 6.25. The van der Waals surface area contributed by atoms with Gasteiger partial charge in [-0.05, 0) is 49.8 Å². The van der Waals surface area contributed by atoms with Crippen LogP contribution in [0.3, 0.4) is 0 Å². The fourth-order valence-corrected chi connectivity index (χ4v) is 4.19. The molecule has 0 amide bonds. The quantitative estimate of drug-likeness (QED) is 0.903. The minimum absolute atomic E-state index is 0.199. The van der Waals surface area contributed by atoms with Crippen molar-refractivity contribution in [2.45, 2.75) is 57.0 Å². The fraction of sp³-hybridized carbons (Fsp3) is 0.647. The highest BCUT2D eigenvalue weighted by atomic mass is 15.2. The summed E-state index contributed by atoms with van der Waals surface area (Å²) in [6.07, 6.45) is 7.65. The zero-order chi connectivity index (χ0) is 13.3. The summed E-state index contributed by atoms with van der Waals surface area (Å²) >= 11 is 0. The number of piperidine rings is 1. The number of nitrogens with zero attached hydrogens (tertiary/aromatic N) is 1. The molecule has 0 spiro atoms. The van der Waals surface area contributed by atoms with Crippen LogP contribution in [-0.4, -0.2) is 29.6 Å². The maximum Gasteiger partial charge on any atom is 0.0415 e. The van der Waals surface area contributed by atoms with Crippen LogP contribution in [0.1, 0.15) is 43.7 Å². The summed E-state index contributed by atoms with van der Waals surface area (Å²) in [7, 11) is 0. The molecule has 2 heteroatoms. The Bertz CT molecular complexity index is 416. The lowest BCUT2D eigenvalue weighted by Gasteiger charge is -2.48. The highest BCUT2D eigenvalue weighted by Gasteiger charge is 2.43. The molecule has 1 unspecified atom stereocenters. The van der Waals surface area contributed by atoms with E-state index in [4.69, 9.17) is 5.73 Å². The van der Waals surface area contributed by atoms with Crippen molar-refractivity contribution in [3.8, 4) is 0 Å². The van der Waals surface area contributed by atoms with Crippen molar-refractivity contribution >= 4 is 0 Å². The predicted octanol–water partition coefficient (Wildman–Crippen LogP) is 2.75. The van der Waals surface area contributed by atoms with E-state index in [1.165, 1.54) is 43.4 Å². The topological polar surface area (TPSA) is 29.3 Å². The highest BCUT2D eigenvalue weighted by molar-refractivity contribution is 5.37. The number of fused-ring (bicyclic) bond motifs is 1. The van der Waals surface area contributed by atoms with Gasteiger partial charge in [-0.25, -0.2) is 0 Å². The van der Waals surface area contributed by atoms with E-state index in [-0.39, 0.29) is 5.54 Å². The van der Waals surface area contributed by atoms with Gasteiger partial charge in [0.1, 0.15) is 0 Å². The minimum Gasteiger partial charge on any atom is -0.329 e. The molecule has 0 bridgehead atoms. The van der Waals surface area contributed by atoms with Crippen LogP contribution < -0.4 is 5.73 Å². The van der Waals surface area contributed by atoms with E-state index < -0.39 is 0 Å². The van der Waals surface area contributed by atoms with Crippen LogP contribution in [0.2, 0.25) is 0 Å². The van der Waals surface area contributed by atoms with E-state index in [1.807, 2.05) is 0 Å². The van der Waals surface area contributed by atoms with Gasteiger partial charge in [-0.2, -0.15) is 0 Å². The van der Waals surface area contributed by atoms with Crippen LogP contribution >= 0.6 is 0 Å². The Kier molecular flexibility index (Phi) is 3.64. The predicted molar refractivity (Wildman–Crippen MR) is 80.3 cm³/mol. The van der Waals surface area contributed by atoms with Crippen molar-refractivity contribution in [1.29, 1.82) is 0 Å². The minimum atomic E-state index is 0.199. The summed E-state index contributed by atoms with van der Waals surface area (Å²) in [6.45, 7) is 4.36. The summed E-state index contributed by atoms with van der Waals surface area (Å²) in [4.78, 5) is 2.76. The molecular formula is C17H26N2. The van der Waals surface area contributed by atoms with E-state index >= 15 is 0 Å². The first-order valence-electron chi connectivity index (χ1n) is 7.83. The molecule has 1 aromatic carbocycles. The number of nitrogens with two attached hydrogens (primary N) is 1. The van der Waals surface area contributed by atoms with Gasteiger partial charge in [0, 0.05) is 18.1 Å². The van der Waals surface area contributed by atoms with Crippen LogP contribution in [0, 0.1) is 0 Å². The Morgan fingerprint density at radius 3 is 2.47 bits per heavy atom. The van der Waals surface area contributed by atoms with E-state index in [1.54, 1.807) is 0 Å². The number of rotatable bonds is 3. The molecule has 1 heterocycles. The number of hydrogen-bond donors (Lipinski definition) is 1. The van der Waals surface area contributed by atoms with Gasteiger partial charge in [-0.15, -0.1) is 0 Å². The zero-order valence-corrected chi connectivity index (χ0v) is 12.1. The van der Waals surface area contributed by atoms with Crippen LogP contribution in [0.5, 0.6) is 0 Å². The Balaban J connectivity index is 1.89. The van der Waals surface area contributed by atoms with Crippen LogP contribution in [0.25, 0.3) is 0 Å². The largest absolute Gasteiger partial charge is 0.329 e. The van der Waals surface area contributed by atoms with Crippen molar-refractivity contribution in [3.05, 3.63) is 35.4 Å². The molecule has 1 aliphatic heterocycles. The van der Waals surface area contributed by atoms with Gasteiger partial charge in [0.05, 0.1) is 0 Å². The SMILES string of the molecule is CCC1CCCCN1C1(CN)Cc2ccccc2C1. The van der Waals surface area contributed by atoms with Gasteiger partial charge < -0.3 is 5.73 Å². The summed E-state index contributed by atoms with van der Waals surface area (Å²) in [5.41, 5.74) is 9.50. The van der Waals surface area contributed by atoms with Crippen LogP contribution in [0.4, 0.5) is 0 Å². The molecule has 2 aliphatic rings. The highest BCUT2D eigenvalue weighted by Crippen LogP contribution is 2.38. The Morgan fingerprint density at radius 2 is 1.89 bits per heavy atom. The standard InChI is InChI=1S/C17H26N2/c1-2-16-9-5-6-10-19(16)17(13-18)11-14-7-3-4-8-15(14)12-17/h3-4,7-8,16H,2,5-6,9-13,18H2,1H3. The Morgan fingerprint density at radius 1 is 1.21 bits per heavy atom. The molecule has 19 heavy (non-hydrogen) atoms. The second-order valence-electron chi connectivity index (χ2n) is 6.30. The molecule has 2 N–H and O–H groups in total. The second kappa shape index (κ2) is 5.26. The normalized spacial score (nSPS) is 26.3. The summed E-state index contributed by atoms with van der Waals surface area (Å²) in [6, 6.07) is 9.65. The van der Waals surface area contributed by atoms with Crippen molar-refractivity contribution in [2.75, 3.05) is 13.1 Å². The molecule has 0 saturated carbocycles. The van der Waals surface area contributed by atoms with Crippen LogP contribution in [-0.2, 0) is 12.8 Å². The van der Waals surface area contributed by atoms with Gasteiger partial charge in [-0.1, -0.05) is 37.6 Å². The molecule has 0 radical (unpaired) electrons. The van der Waals surface area contributed by atoms with Gasteiger partial charge in [-0.3, -0.25) is 4.90 Å². The third kappa shape index (κ3) is 2.21. The molecule has 2 nitrogen and oxygen atoms in total. The number of likely N-dealkylation sites (tertiary alicyclic amines) is 1.